The van der Waals surface area contributed by atoms with Crippen molar-refractivity contribution in [2.24, 2.45) is 0 Å². The summed E-state index contributed by atoms with van der Waals surface area (Å²) in [5.74, 6) is 0.992. The summed E-state index contributed by atoms with van der Waals surface area (Å²) >= 11 is 0. The minimum atomic E-state index is -0.116. The van der Waals surface area contributed by atoms with Gasteiger partial charge in [0.25, 0.3) is 0 Å². The molecule has 2 aliphatic rings. The van der Waals surface area contributed by atoms with Crippen LogP contribution in [0.25, 0.3) is 0 Å². The van der Waals surface area contributed by atoms with E-state index in [-0.39, 0.29) is 24.7 Å². The van der Waals surface area contributed by atoms with Crippen LogP contribution in [0.5, 0.6) is 5.75 Å². The molecule has 1 aromatic carbocycles. The number of methoxy groups -OCH3 is 1. The molecule has 1 saturated heterocycles. The third kappa shape index (κ3) is 4.73. The number of nitrogens with zero attached hydrogens (tertiary/aromatic N) is 1. The van der Waals surface area contributed by atoms with Crippen molar-refractivity contribution in [3.8, 4) is 5.75 Å². The Bertz CT molecular complexity index is 571. The minimum Gasteiger partial charge on any atom is -0.490 e. The van der Waals surface area contributed by atoms with Crippen LogP contribution >= 0.6 is 0 Å². The molecule has 5 heteroatoms. The van der Waals surface area contributed by atoms with E-state index < -0.39 is 0 Å². The first-order chi connectivity index (χ1) is 12.2. The Morgan fingerprint density at radius 1 is 1.28 bits per heavy atom. The monoisotopic (exact) mass is 347 g/mol. The predicted molar refractivity (Wildman–Crippen MR) is 95.6 cm³/mol. The average Bonchev–Trinajstić information content (AvgIpc) is 3.29. The maximum Gasteiger partial charge on any atom is 0.223 e. The van der Waals surface area contributed by atoms with E-state index in [1.807, 2.05) is 18.2 Å². The maximum atomic E-state index is 12.5. The van der Waals surface area contributed by atoms with Crippen LogP contribution in [0.2, 0.25) is 0 Å². The van der Waals surface area contributed by atoms with Crippen molar-refractivity contribution in [1.29, 1.82) is 0 Å². The van der Waals surface area contributed by atoms with Gasteiger partial charge in [0, 0.05) is 20.1 Å². The summed E-state index contributed by atoms with van der Waals surface area (Å²) in [5.41, 5.74) is 1.12. The van der Waals surface area contributed by atoms with Gasteiger partial charge in [-0.05, 0) is 56.2 Å². The van der Waals surface area contributed by atoms with Crippen LogP contribution in [-0.2, 0) is 16.0 Å². The number of amides is 1. The van der Waals surface area contributed by atoms with E-state index in [0.717, 1.165) is 24.2 Å². The van der Waals surface area contributed by atoms with Gasteiger partial charge in [-0.3, -0.25) is 4.79 Å². The zero-order chi connectivity index (χ0) is 17.6. The average molecular weight is 347 g/mol. The van der Waals surface area contributed by atoms with Crippen molar-refractivity contribution in [1.82, 2.24) is 4.90 Å². The van der Waals surface area contributed by atoms with Crippen molar-refractivity contribution < 1.29 is 19.4 Å². The number of hydrogen-bond donors (Lipinski definition) is 1. The molecule has 0 spiro atoms. The molecule has 1 aliphatic carbocycles. The Labute approximate surface area is 149 Å². The van der Waals surface area contributed by atoms with Gasteiger partial charge in [0.1, 0.15) is 5.75 Å². The lowest BCUT2D eigenvalue weighted by atomic mass is 10.1. The van der Waals surface area contributed by atoms with Crippen molar-refractivity contribution in [3.63, 3.8) is 0 Å². The van der Waals surface area contributed by atoms with Crippen LogP contribution in [0.3, 0.4) is 0 Å². The number of carbonyl (C=O) groups is 1. The summed E-state index contributed by atoms with van der Waals surface area (Å²) in [5, 5.41) is 9.49. The smallest absolute Gasteiger partial charge is 0.223 e. The Balaban J connectivity index is 1.53. The highest BCUT2D eigenvalue weighted by atomic mass is 16.5. The highest BCUT2D eigenvalue weighted by molar-refractivity contribution is 5.77. The van der Waals surface area contributed by atoms with Gasteiger partial charge in [0.2, 0.25) is 5.91 Å². The number of rotatable bonds is 7. The summed E-state index contributed by atoms with van der Waals surface area (Å²) in [4.78, 5) is 14.3. The lowest BCUT2D eigenvalue weighted by Crippen LogP contribution is -2.38. The van der Waals surface area contributed by atoms with Gasteiger partial charge in [-0.1, -0.05) is 12.1 Å². The molecule has 25 heavy (non-hydrogen) atoms. The molecule has 1 N–H and O–H groups in total. The number of carbonyl (C=O) groups excluding carboxylic acids is 1. The van der Waals surface area contributed by atoms with Gasteiger partial charge in [-0.25, -0.2) is 0 Å². The topological polar surface area (TPSA) is 59.0 Å². The number of likely N-dealkylation sites (tertiary alicyclic amines) is 1. The highest BCUT2D eigenvalue weighted by Crippen LogP contribution is 2.25. The molecule has 3 rings (SSSR count). The van der Waals surface area contributed by atoms with Crippen molar-refractivity contribution in [2.75, 3.05) is 20.3 Å². The van der Waals surface area contributed by atoms with E-state index in [1.54, 1.807) is 12.0 Å². The van der Waals surface area contributed by atoms with E-state index in [4.69, 9.17) is 9.47 Å². The van der Waals surface area contributed by atoms with Crippen LogP contribution in [-0.4, -0.2) is 54.4 Å². The fourth-order valence-corrected chi connectivity index (χ4v) is 3.89. The second-order valence-electron chi connectivity index (χ2n) is 7.15. The zero-order valence-electron chi connectivity index (χ0n) is 15.0. The molecule has 1 aromatic rings. The summed E-state index contributed by atoms with van der Waals surface area (Å²) in [6.07, 6.45) is 7.01. The second-order valence-corrected chi connectivity index (χ2v) is 7.15. The van der Waals surface area contributed by atoms with Crippen molar-refractivity contribution in [3.05, 3.63) is 29.8 Å². The Kier molecular flexibility index (Phi) is 6.32. The zero-order valence-corrected chi connectivity index (χ0v) is 15.0. The fraction of sp³-hybridized carbons (Fsp3) is 0.650. The van der Waals surface area contributed by atoms with E-state index in [2.05, 4.69) is 6.07 Å². The van der Waals surface area contributed by atoms with Gasteiger partial charge in [0.05, 0.1) is 24.9 Å². The quantitative estimate of drug-likeness (QED) is 0.823. The normalized spacial score (nSPS) is 24.0. The van der Waals surface area contributed by atoms with Crippen LogP contribution in [0, 0.1) is 0 Å². The van der Waals surface area contributed by atoms with E-state index >= 15 is 0 Å². The first-order valence-corrected chi connectivity index (χ1v) is 9.38. The van der Waals surface area contributed by atoms with Crippen LogP contribution < -0.4 is 4.74 Å². The molecule has 1 aliphatic heterocycles. The molecule has 0 aromatic heterocycles. The molecule has 1 heterocycles. The molecule has 2 fully saturated rings. The first-order valence-electron chi connectivity index (χ1n) is 9.38. The Morgan fingerprint density at radius 3 is 2.80 bits per heavy atom. The molecular weight excluding hydrogens is 318 g/mol. The molecule has 1 saturated carbocycles. The number of benzene rings is 1. The highest BCUT2D eigenvalue weighted by Gasteiger charge is 2.34. The standard InChI is InChI=1S/C20H29NO4/c1-24-19-12-16(14-22)21(13-19)20(23)10-9-15-5-4-8-18(11-15)25-17-6-2-3-7-17/h4-5,8,11,16-17,19,22H,2-3,6-7,9-10,12-14H2,1H3/t16-,19-/m0/s1. The van der Waals surface area contributed by atoms with Gasteiger partial charge < -0.3 is 19.5 Å². The van der Waals surface area contributed by atoms with Gasteiger partial charge in [-0.15, -0.1) is 0 Å². The van der Waals surface area contributed by atoms with E-state index in [0.29, 0.717) is 31.9 Å². The first kappa shape index (κ1) is 18.2. The van der Waals surface area contributed by atoms with Crippen LogP contribution in [0.4, 0.5) is 0 Å². The summed E-state index contributed by atoms with van der Waals surface area (Å²) in [7, 11) is 1.66. The van der Waals surface area contributed by atoms with Gasteiger partial charge in [0.15, 0.2) is 0 Å². The Hall–Kier alpha value is -1.59. The molecular formula is C20H29NO4. The van der Waals surface area contributed by atoms with Crippen molar-refractivity contribution >= 4 is 5.91 Å². The third-order valence-corrected chi connectivity index (χ3v) is 5.37. The summed E-state index contributed by atoms with van der Waals surface area (Å²) in [6.45, 7) is 0.571. The van der Waals surface area contributed by atoms with E-state index in [1.165, 1.54) is 12.8 Å². The molecule has 0 unspecified atom stereocenters. The molecule has 5 nitrogen and oxygen atoms in total. The number of ether oxygens (including phenoxy) is 2. The summed E-state index contributed by atoms with van der Waals surface area (Å²) in [6, 6.07) is 7.97. The molecule has 0 bridgehead atoms. The lowest BCUT2D eigenvalue weighted by molar-refractivity contribution is -0.133. The lowest BCUT2D eigenvalue weighted by Gasteiger charge is -2.22. The van der Waals surface area contributed by atoms with Crippen LogP contribution in [0.1, 0.15) is 44.1 Å². The number of hydrogen-bond acceptors (Lipinski definition) is 4. The minimum absolute atomic E-state index is 0.00366. The SMILES string of the molecule is CO[C@H]1C[C@@H](CO)N(C(=O)CCc2cccc(OC3CCCC3)c2)C1. The maximum absolute atomic E-state index is 12.5. The fourth-order valence-electron chi connectivity index (χ4n) is 3.89. The van der Waals surface area contributed by atoms with Crippen molar-refractivity contribution in [2.45, 2.75) is 63.2 Å². The third-order valence-electron chi connectivity index (χ3n) is 5.37. The molecule has 1 amide bonds. The largest absolute Gasteiger partial charge is 0.490 e. The van der Waals surface area contributed by atoms with Gasteiger partial charge >= 0.3 is 0 Å². The summed E-state index contributed by atoms with van der Waals surface area (Å²) < 4.78 is 11.4. The number of aryl methyl sites for hydroxylation is 1. The molecule has 2 atom stereocenters. The molecule has 138 valence electrons. The number of aliphatic hydroxyl groups excluding tert-OH is 1. The Morgan fingerprint density at radius 2 is 2.08 bits per heavy atom. The van der Waals surface area contributed by atoms with E-state index in [9.17, 15) is 9.90 Å². The number of aliphatic hydroxyl groups is 1. The predicted octanol–water partition coefficient (Wildman–Crippen LogP) is 2.55. The van der Waals surface area contributed by atoms with Gasteiger partial charge in [-0.2, -0.15) is 0 Å². The van der Waals surface area contributed by atoms with Crippen LogP contribution in [0.15, 0.2) is 24.3 Å². The molecule has 0 radical (unpaired) electrons. The second kappa shape index (κ2) is 8.68.